The maximum absolute atomic E-state index is 13.0. The van der Waals surface area contributed by atoms with E-state index in [1.807, 2.05) is 24.3 Å². The van der Waals surface area contributed by atoms with E-state index in [0.29, 0.717) is 31.4 Å². The van der Waals surface area contributed by atoms with Crippen molar-refractivity contribution in [2.45, 2.75) is 50.2 Å². The molecule has 134 valence electrons. The van der Waals surface area contributed by atoms with E-state index < -0.39 is 5.60 Å². The Hall–Kier alpha value is -1.75. The summed E-state index contributed by atoms with van der Waals surface area (Å²) in [6.45, 7) is 0.891. The molecule has 5 heteroatoms. The average Bonchev–Trinajstić information content (AvgIpc) is 2.57. The Kier molecular flexibility index (Phi) is 3.33. The SMILES string of the molecule is O=C(NC[C@H]1COc2ccccc2O1)C12C[C@@H]3C[C@@H](CC(O)(C3)C1)C2. The topological polar surface area (TPSA) is 67.8 Å². The van der Waals surface area contributed by atoms with Gasteiger partial charge in [0, 0.05) is 0 Å². The highest BCUT2D eigenvalue weighted by Crippen LogP contribution is 2.61. The van der Waals surface area contributed by atoms with Crippen molar-refractivity contribution in [1.29, 1.82) is 0 Å². The Morgan fingerprint density at radius 3 is 2.60 bits per heavy atom. The van der Waals surface area contributed by atoms with Crippen molar-refractivity contribution in [3.05, 3.63) is 24.3 Å². The number of fused-ring (bicyclic) bond motifs is 1. The van der Waals surface area contributed by atoms with Gasteiger partial charge >= 0.3 is 0 Å². The molecule has 0 aromatic heterocycles. The molecule has 6 rings (SSSR count). The van der Waals surface area contributed by atoms with Gasteiger partial charge in [0.25, 0.3) is 0 Å². The number of carbonyl (C=O) groups excluding carboxylic acids is 1. The molecule has 1 aromatic carbocycles. The van der Waals surface area contributed by atoms with Crippen LogP contribution in [0.5, 0.6) is 11.5 Å². The molecule has 5 aliphatic rings. The lowest BCUT2D eigenvalue weighted by Gasteiger charge is -2.59. The van der Waals surface area contributed by atoms with Gasteiger partial charge in [0.1, 0.15) is 12.7 Å². The van der Waals surface area contributed by atoms with Crippen molar-refractivity contribution in [3.8, 4) is 11.5 Å². The van der Waals surface area contributed by atoms with E-state index in [9.17, 15) is 9.90 Å². The van der Waals surface area contributed by atoms with Crippen LogP contribution in [0.2, 0.25) is 0 Å². The Morgan fingerprint density at radius 1 is 1.16 bits per heavy atom. The van der Waals surface area contributed by atoms with Gasteiger partial charge < -0.3 is 19.9 Å². The lowest BCUT2D eigenvalue weighted by molar-refractivity contribution is -0.178. The quantitative estimate of drug-likeness (QED) is 0.883. The number of hydrogen-bond donors (Lipinski definition) is 2. The Morgan fingerprint density at radius 2 is 1.88 bits per heavy atom. The van der Waals surface area contributed by atoms with Crippen molar-refractivity contribution in [2.24, 2.45) is 17.3 Å². The van der Waals surface area contributed by atoms with Crippen LogP contribution in [-0.2, 0) is 4.79 Å². The van der Waals surface area contributed by atoms with Crippen LogP contribution in [0.3, 0.4) is 0 Å². The number of nitrogens with one attached hydrogen (secondary N) is 1. The zero-order chi connectivity index (χ0) is 17.1. The third kappa shape index (κ3) is 2.60. The van der Waals surface area contributed by atoms with Crippen molar-refractivity contribution in [1.82, 2.24) is 5.32 Å². The second kappa shape index (κ2) is 5.37. The van der Waals surface area contributed by atoms with Gasteiger partial charge in [-0.05, 0) is 62.5 Å². The van der Waals surface area contributed by atoms with Crippen molar-refractivity contribution in [3.63, 3.8) is 0 Å². The minimum atomic E-state index is -0.606. The third-order valence-corrected chi connectivity index (χ3v) is 6.57. The monoisotopic (exact) mass is 343 g/mol. The predicted octanol–water partition coefficient (Wildman–Crippen LogP) is 2.27. The van der Waals surface area contributed by atoms with Crippen LogP contribution < -0.4 is 14.8 Å². The smallest absolute Gasteiger partial charge is 0.226 e. The fourth-order valence-corrected chi connectivity index (χ4v) is 6.04. The first-order valence-corrected chi connectivity index (χ1v) is 9.43. The Labute approximate surface area is 147 Å². The van der Waals surface area contributed by atoms with E-state index in [4.69, 9.17) is 9.47 Å². The first-order valence-electron chi connectivity index (χ1n) is 9.43. The minimum absolute atomic E-state index is 0.0995. The average molecular weight is 343 g/mol. The molecule has 2 N–H and O–H groups in total. The van der Waals surface area contributed by atoms with E-state index in [2.05, 4.69) is 5.32 Å². The highest BCUT2D eigenvalue weighted by molar-refractivity contribution is 5.83. The zero-order valence-electron chi connectivity index (χ0n) is 14.4. The molecule has 2 unspecified atom stereocenters. The molecule has 4 bridgehead atoms. The van der Waals surface area contributed by atoms with Gasteiger partial charge in [-0.3, -0.25) is 4.79 Å². The molecule has 1 aliphatic heterocycles. The summed E-state index contributed by atoms with van der Waals surface area (Å²) in [5.41, 5.74) is -0.975. The summed E-state index contributed by atoms with van der Waals surface area (Å²) in [6, 6.07) is 7.61. The number of aliphatic hydroxyl groups is 1. The predicted molar refractivity (Wildman–Crippen MR) is 91.4 cm³/mol. The second-order valence-electron chi connectivity index (χ2n) is 8.67. The van der Waals surface area contributed by atoms with E-state index in [1.54, 1.807) is 0 Å². The molecule has 5 nitrogen and oxygen atoms in total. The molecule has 1 aromatic rings. The van der Waals surface area contributed by atoms with E-state index in [1.165, 1.54) is 6.42 Å². The molecule has 0 saturated heterocycles. The number of carbonyl (C=O) groups is 1. The molecule has 0 spiro atoms. The van der Waals surface area contributed by atoms with E-state index in [-0.39, 0.29) is 17.4 Å². The van der Waals surface area contributed by atoms with Crippen LogP contribution in [0.1, 0.15) is 38.5 Å². The first kappa shape index (κ1) is 15.5. The summed E-state index contributed by atoms with van der Waals surface area (Å²) in [5.74, 6) is 2.62. The van der Waals surface area contributed by atoms with Gasteiger partial charge in [-0.25, -0.2) is 0 Å². The first-order chi connectivity index (χ1) is 12.0. The van der Waals surface area contributed by atoms with Crippen LogP contribution in [0.25, 0.3) is 0 Å². The molecule has 4 aliphatic carbocycles. The number of ether oxygens (including phenoxy) is 2. The van der Waals surface area contributed by atoms with Crippen LogP contribution in [0.4, 0.5) is 0 Å². The molecule has 1 heterocycles. The lowest BCUT2D eigenvalue weighted by atomic mass is 9.47. The van der Waals surface area contributed by atoms with Crippen LogP contribution >= 0.6 is 0 Å². The fraction of sp³-hybridized carbons (Fsp3) is 0.650. The number of amides is 1. The van der Waals surface area contributed by atoms with Gasteiger partial charge in [-0.1, -0.05) is 12.1 Å². The van der Waals surface area contributed by atoms with Crippen LogP contribution in [-0.4, -0.2) is 35.9 Å². The molecule has 0 radical (unpaired) electrons. The minimum Gasteiger partial charge on any atom is -0.486 e. The van der Waals surface area contributed by atoms with E-state index >= 15 is 0 Å². The zero-order valence-corrected chi connectivity index (χ0v) is 14.4. The molecular weight excluding hydrogens is 318 g/mol. The lowest BCUT2D eigenvalue weighted by Crippen LogP contribution is -2.60. The normalized spacial score (nSPS) is 40.8. The summed E-state index contributed by atoms with van der Waals surface area (Å²) in [4.78, 5) is 13.0. The maximum Gasteiger partial charge on any atom is 0.226 e. The van der Waals surface area contributed by atoms with Crippen molar-refractivity contribution >= 4 is 5.91 Å². The number of rotatable bonds is 3. The largest absolute Gasteiger partial charge is 0.486 e. The standard InChI is InChI=1S/C20H25NO4/c22-18(19-6-13-5-14(7-19)9-20(23,8-13)12-19)21-10-15-11-24-16-3-1-2-4-17(16)25-15/h1-4,13-15,23H,5-12H2,(H,21,22)/t13-,14+,15-,19?,20?/m0/s1. The molecular formula is C20H25NO4. The summed E-state index contributed by atoms with van der Waals surface area (Å²) < 4.78 is 11.6. The summed E-state index contributed by atoms with van der Waals surface area (Å²) in [6.07, 6.45) is 5.28. The fourth-order valence-electron chi connectivity index (χ4n) is 6.04. The number of hydrogen-bond acceptors (Lipinski definition) is 4. The summed E-state index contributed by atoms with van der Waals surface area (Å²) in [7, 11) is 0. The Bertz CT molecular complexity index is 689. The van der Waals surface area contributed by atoms with Gasteiger partial charge in [-0.15, -0.1) is 0 Å². The van der Waals surface area contributed by atoms with E-state index in [0.717, 1.165) is 37.2 Å². The Balaban J connectivity index is 1.24. The van der Waals surface area contributed by atoms with Crippen molar-refractivity contribution in [2.75, 3.05) is 13.2 Å². The molecule has 5 atom stereocenters. The number of benzene rings is 1. The highest BCUT2D eigenvalue weighted by Gasteiger charge is 2.60. The van der Waals surface area contributed by atoms with Gasteiger partial charge in [-0.2, -0.15) is 0 Å². The third-order valence-electron chi connectivity index (χ3n) is 6.57. The molecule has 25 heavy (non-hydrogen) atoms. The molecule has 4 fully saturated rings. The van der Waals surface area contributed by atoms with Gasteiger partial charge in [0.2, 0.25) is 5.91 Å². The second-order valence-corrected chi connectivity index (χ2v) is 8.67. The van der Waals surface area contributed by atoms with Gasteiger partial charge in [0.15, 0.2) is 11.5 Å². The number of para-hydroxylation sites is 2. The maximum atomic E-state index is 13.0. The van der Waals surface area contributed by atoms with Crippen LogP contribution in [0.15, 0.2) is 24.3 Å². The van der Waals surface area contributed by atoms with Crippen LogP contribution in [0, 0.1) is 17.3 Å². The van der Waals surface area contributed by atoms with Gasteiger partial charge in [0.05, 0.1) is 17.6 Å². The highest BCUT2D eigenvalue weighted by atomic mass is 16.6. The summed E-state index contributed by atoms with van der Waals surface area (Å²) in [5, 5.41) is 13.9. The molecule has 1 amide bonds. The van der Waals surface area contributed by atoms with Crippen molar-refractivity contribution < 1.29 is 19.4 Å². The molecule has 4 saturated carbocycles. The summed E-state index contributed by atoms with van der Waals surface area (Å²) >= 11 is 0.